The lowest BCUT2D eigenvalue weighted by Crippen LogP contribution is -2.40. The zero-order valence-electron chi connectivity index (χ0n) is 12.0. The maximum Gasteiger partial charge on any atom is 0.335 e. The highest BCUT2D eigenvalue weighted by molar-refractivity contribution is 7.99. The lowest BCUT2D eigenvalue weighted by molar-refractivity contribution is 0.0697. The van der Waals surface area contributed by atoms with Gasteiger partial charge in [-0.05, 0) is 38.3 Å². The lowest BCUT2D eigenvalue weighted by Gasteiger charge is -2.23. The predicted molar refractivity (Wildman–Crippen MR) is 83.4 cm³/mol. The summed E-state index contributed by atoms with van der Waals surface area (Å²) in [5, 5.41) is 9.00. The zero-order valence-corrected chi connectivity index (χ0v) is 12.8. The average Bonchev–Trinajstić information content (AvgIpc) is 2.43. The SMILES string of the molecule is CSC(C)(C)Cn1c(=O)c(=O)[nH]c2cc(C(=O)O)ccc21. The minimum absolute atomic E-state index is 0.0625. The summed E-state index contributed by atoms with van der Waals surface area (Å²) in [5.41, 5.74) is -0.453. The van der Waals surface area contributed by atoms with Crippen molar-refractivity contribution in [1.29, 1.82) is 0 Å². The summed E-state index contributed by atoms with van der Waals surface area (Å²) in [5.74, 6) is -1.08. The zero-order chi connectivity index (χ0) is 15.8. The molecule has 0 atom stereocenters. The van der Waals surface area contributed by atoms with Crippen LogP contribution in [0.2, 0.25) is 0 Å². The Morgan fingerprint density at radius 3 is 2.62 bits per heavy atom. The van der Waals surface area contributed by atoms with Gasteiger partial charge in [-0.3, -0.25) is 9.59 Å². The van der Waals surface area contributed by atoms with Crippen LogP contribution in [0.15, 0.2) is 27.8 Å². The van der Waals surface area contributed by atoms with Gasteiger partial charge < -0.3 is 14.7 Å². The van der Waals surface area contributed by atoms with Gasteiger partial charge in [-0.1, -0.05) is 0 Å². The van der Waals surface area contributed by atoms with E-state index in [1.807, 2.05) is 20.1 Å². The first-order chi connectivity index (χ1) is 9.75. The van der Waals surface area contributed by atoms with Crippen LogP contribution in [0.3, 0.4) is 0 Å². The molecular weight excluding hydrogens is 292 g/mol. The number of aromatic amines is 1. The fourth-order valence-corrected chi connectivity index (χ4v) is 2.27. The monoisotopic (exact) mass is 308 g/mol. The van der Waals surface area contributed by atoms with Crippen molar-refractivity contribution in [1.82, 2.24) is 9.55 Å². The first-order valence-electron chi connectivity index (χ1n) is 6.30. The van der Waals surface area contributed by atoms with E-state index in [9.17, 15) is 14.4 Å². The topological polar surface area (TPSA) is 92.2 Å². The molecule has 0 saturated carbocycles. The molecule has 0 unspecified atom stereocenters. The van der Waals surface area contributed by atoms with Crippen LogP contribution >= 0.6 is 11.8 Å². The van der Waals surface area contributed by atoms with Gasteiger partial charge in [-0.15, -0.1) is 0 Å². The van der Waals surface area contributed by atoms with Crippen molar-refractivity contribution in [2.75, 3.05) is 6.26 Å². The third-order valence-electron chi connectivity index (χ3n) is 3.31. The average molecular weight is 308 g/mol. The van der Waals surface area contributed by atoms with E-state index < -0.39 is 17.1 Å². The molecule has 21 heavy (non-hydrogen) atoms. The van der Waals surface area contributed by atoms with Crippen molar-refractivity contribution in [2.24, 2.45) is 0 Å². The second-order valence-corrected chi connectivity index (χ2v) is 6.86. The van der Waals surface area contributed by atoms with E-state index in [0.29, 0.717) is 17.6 Å². The molecule has 1 aromatic carbocycles. The minimum atomic E-state index is -1.08. The molecule has 1 aromatic heterocycles. The molecule has 0 aliphatic carbocycles. The van der Waals surface area contributed by atoms with Crippen molar-refractivity contribution < 1.29 is 9.90 Å². The number of fused-ring (bicyclic) bond motifs is 1. The molecule has 1 heterocycles. The summed E-state index contributed by atoms with van der Waals surface area (Å²) < 4.78 is 1.17. The molecule has 0 amide bonds. The van der Waals surface area contributed by atoms with Crippen LogP contribution in [-0.4, -0.2) is 31.6 Å². The Morgan fingerprint density at radius 2 is 2.05 bits per heavy atom. The Bertz CT molecular complexity index is 820. The largest absolute Gasteiger partial charge is 0.478 e. The fraction of sp³-hybridized carbons (Fsp3) is 0.357. The third kappa shape index (κ3) is 3.02. The summed E-state index contributed by atoms with van der Waals surface area (Å²) in [4.78, 5) is 37.3. The van der Waals surface area contributed by atoms with Gasteiger partial charge in [0.1, 0.15) is 0 Å². The van der Waals surface area contributed by atoms with Gasteiger partial charge in [0.25, 0.3) is 0 Å². The predicted octanol–water partition coefficient (Wildman–Crippen LogP) is 1.53. The van der Waals surface area contributed by atoms with Crippen LogP contribution in [0.5, 0.6) is 0 Å². The maximum absolute atomic E-state index is 12.1. The third-order valence-corrected chi connectivity index (χ3v) is 4.55. The number of hydrogen-bond donors (Lipinski definition) is 2. The number of hydrogen-bond acceptors (Lipinski definition) is 4. The number of aromatic nitrogens is 2. The molecule has 0 spiro atoms. The number of nitrogens with one attached hydrogen (secondary N) is 1. The smallest absolute Gasteiger partial charge is 0.335 e. The molecule has 6 nitrogen and oxygen atoms in total. The molecule has 0 saturated heterocycles. The second kappa shape index (κ2) is 5.40. The Morgan fingerprint density at radius 1 is 1.38 bits per heavy atom. The summed E-state index contributed by atoms with van der Waals surface area (Å²) in [6, 6.07) is 4.33. The highest BCUT2D eigenvalue weighted by Gasteiger charge is 2.20. The molecule has 112 valence electrons. The number of carboxylic acid groups (broad SMARTS) is 1. The number of aromatic carboxylic acids is 1. The fourth-order valence-electron chi connectivity index (χ4n) is 2.01. The van der Waals surface area contributed by atoms with Crippen LogP contribution in [0.1, 0.15) is 24.2 Å². The quantitative estimate of drug-likeness (QED) is 0.836. The molecule has 0 bridgehead atoms. The van der Waals surface area contributed by atoms with Crippen molar-refractivity contribution in [3.05, 3.63) is 44.5 Å². The Balaban J connectivity index is 2.74. The summed E-state index contributed by atoms with van der Waals surface area (Å²) >= 11 is 1.59. The summed E-state index contributed by atoms with van der Waals surface area (Å²) in [6.45, 7) is 4.31. The molecule has 2 N–H and O–H groups in total. The van der Waals surface area contributed by atoms with E-state index in [1.165, 1.54) is 16.7 Å². The van der Waals surface area contributed by atoms with Crippen molar-refractivity contribution in [3.63, 3.8) is 0 Å². The summed E-state index contributed by atoms with van der Waals surface area (Å²) in [6.07, 6.45) is 1.93. The van der Waals surface area contributed by atoms with Gasteiger partial charge in [-0.2, -0.15) is 11.8 Å². The molecule has 7 heteroatoms. The molecule has 2 aromatic rings. The molecule has 0 radical (unpaired) electrons. The van der Waals surface area contributed by atoms with E-state index in [2.05, 4.69) is 4.98 Å². The first-order valence-corrected chi connectivity index (χ1v) is 7.53. The molecule has 2 rings (SSSR count). The molecule has 0 aliphatic rings. The number of nitrogens with zero attached hydrogens (tertiary/aromatic N) is 1. The van der Waals surface area contributed by atoms with Gasteiger partial charge in [0.05, 0.1) is 16.6 Å². The van der Waals surface area contributed by atoms with E-state index >= 15 is 0 Å². The van der Waals surface area contributed by atoms with Crippen molar-refractivity contribution in [2.45, 2.75) is 25.1 Å². The Kier molecular flexibility index (Phi) is 3.95. The van der Waals surface area contributed by atoms with E-state index in [0.717, 1.165) is 0 Å². The number of carbonyl (C=O) groups is 1. The van der Waals surface area contributed by atoms with Crippen LogP contribution in [-0.2, 0) is 6.54 Å². The van der Waals surface area contributed by atoms with Crippen LogP contribution < -0.4 is 11.1 Å². The standard InChI is InChI=1S/C14H16N2O4S/c1-14(2,21-3)7-16-10-5-4-8(13(19)20)6-9(10)15-11(17)12(16)18/h4-6H,7H2,1-3H3,(H,15,17)(H,19,20). The lowest BCUT2D eigenvalue weighted by atomic mass is 10.1. The molecular formula is C14H16N2O4S. The van der Waals surface area contributed by atoms with E-state index in [1.54, 1.807) is 17.8 Å². The molecule has 0 aliphatic heterocycles. The van der Waals surface area contributed by atoms with Gasteiger partial charge in [-0.25, -0.2) is 4.79 Å². The van der Waals surface area contributed by atoms with Crippen molar-refractivity contribution >= 4 is 28.8 Å². The summed E-state index contributed by atoms with van der Waals surface area (Å²) in [7, 11) is 0. The van der Waals surface area contributed by atoms with Crippen LogP contribution in [0, 0.1) is 0 Å². The van der Waals surface area contributed by atoms with Gasteiger partial charge in [0.15, 0.2) is 0 Å². The van der Waals surface area contributed by atoms with Crippen molar-refractivity contribution in [3.8, 4) is 0 Å². The van der Waals surface area contributed by atoms with E-state index in [4.69, 9.17) is 5.11 Å². The number of carboxylic acids is 1. The normalized spacial score (nSPS) is 11.8. The minimum Gasteiger partial charge on any atom is -0.478 e. The Labute approximate surface area is 124 Å². The highest BCUT2D eigenvalue weighted by Crippen LogP contribution is 2.24. The van der Waals surface area contributed by atoms with E-state index in [-0.39, 0.29) is 10.3 Å². The molecule has 0 fully saturated rings. The number of rotatable bonds is 4. The number of H-pyrrole nitrogens is 1. The Hall–Kier alpha value is -2.02. The van der Waals surface area contributed by atoms with Crippen LogP contribution in [0.4, 0.5) is 0 Å². The number of benzene rings is 1. The van der Waals surface area contributed by atoms with Gasteiger partial charge in [0.2, 0.25) is 0 Å². The van der Waals surface area contributed by atoms with Gasteiger partial charge in [0, 0.05) is 11.3 Å². The highest BCUT2D eigenvalue weighted by atomic mass is 32.2. The van der Waals surface area contributed by atoms with Gasteiger partial charge >= 0.3 is 17.1 Å². The van der Waals surface area contributed by atoms with Crippen LogP contribution in [0.25, 0.3) is 11.0 Å². The number of thioether (sulfide) groups is 1. The second-order valence-electron chi connectivity index (χ2n) is 5.35. The first kappa shape index (κ1) is 15.4. The maximum atomic E-state index is 12.1.